The van der Waals surface area contributed by atoms with Gasteiger partial charge in [0.25, 0.3) is 0 Å². The fourth-order valence-electron chi connectivity index (χ4n) is 3.12. The minimum Gasteiger partial charge on any atom is -0.496 e. The van der Waals surface area contributed by atoms with Crippen LogP contribution in [0.5, 0.6) is 0 Å². The highest BCUT2D eigenvalue weighted by molar-refractivity contribution is 8.17. The van der Waals surface area contributed by atoms with Crippen molar-refractivity contribution in [3.63, 3.8) is 0 Å². The van der Waals surface area contributed by atoms with Crippen LogP contribution in [0.4, 0.5) is 0 Å². The van der Waals surface area contributed by atoms with Gasteiger partial charge in [0.15, 0.2) is 0 Å². The number of aliphatic imine (C=N–C) groups is 1. The second-order valence-electron chi connectivity index (χ2n) is 6.44. The zero-order valence-electron chi connectivity index (χ0n) is 16.6. The molecule has 144 valence electrons. The molecule has 0 atom stereocenters. The van der Waals surface area contributed by atoms with E-state index in [1.165, 1.54) is 37.1 Å². The van der Waals surface area contributed by atoms with E-state index in [0.717, 1.165) is 28.5 Å². The lowest BCUT2D eigenvalue weighted by Crippen LogP contribution is -2.18. The van der Waals surface area contributed by atoms with Crippen LogP contribution in [0.2, 0.25) is 0 Å². The van der Waals surface area contributed by atoms with Gasteiger partial charge in [-0.15, -0.1) is 0 Å². The van der Waals surface area contributed by atoms with Crippen molar-refractivity contribution >= 4 is 16.8 Å². The molecular formula is C22H34N2OS. The van der Waals surface area contributed by atoms with E-state index in [1.807, 2.05) is 7.05 Å². The number of thioether (sulfide) groups is 1. The Labute approximate surface area is 164 Å². The number of nitrogens with zero attached hydrogens (tertiary/aromatic N) is 1. The van der Waals surface area contributed by atoms with Crippen molar-refractivity contribution in [2.24, 2.45) is 10.9 Å². The highest BCUT2D eigenvalue weighted by Gasteiger charge is 2.20. The lowest BCUT2D eigenvalue weighted by Gasteiger charge is -2.23. The number of nitrogens with one attached hydrogen (secondary N) is 1. The van der Waals surface area contributed by atoms with Gasteiger partial charge in [0.1, 0.15) is 5.76 Å². The lowest BCUT2D eigenvalue weighted by molar-refractivity contribution is 0.303. The van der Waals surface area contributed by atoms with E-state index < -0.39 is 0 Å². The molecule has 0 saturated heterocycles. The molecule has 1 rings (SSSR count). The molecule has 1 saturated carbocycles. The Balaban J connectivity index is 2.66. The molecule has 0 bridgehead atoms. The molecule has 0 aliphatic heterocycles. The molecule has 0 aromatic heterocycles. The van der Waals surface area contributed by atoms with E-state index in [0.29, 0.717) is 12.3 Å². The van der Waals surface area contributed by atoms with Gasteiger partial charge in [-0.25, -0.2) is 0 Å². The zero-order chi connectivity index (χ0) is 19.4. The van der Waals surface area contributed by atoms with Crippen LogP contribution < -0.4 is 5.32 Å². The topological polar surface area (TPSA) is 33.6 Å². The smallest absolute Gasteiger partial charge is 0.121 e. The van der Waals surface area contributed by atoms with E-state index in [2.05, 4.69) is 49.1 Å². The summed E-state index contributed by atoms with van der Waals surface area (Å²) in [7, 11) is 3.54. The average Bonchev–Trinajstić information content (AvgIpc) is 2.65. The maximum atomic E-state index is 5.42. The third kappa shape index (κ3) is 7.69. The summed E-state index contributed by atoms with van der Waals surface area (Å²) in [6.07, 6.45) is 14.0. The van der Waals surface area contributed by atoms with Crippen LogP contribution in [0, 0.1) is 5.92 Å². The third-order valence-corrected chi connectivity index (χ3v) is 5.47. The molecule has 0 radical (unpaired) electrons. The molecule has 0 heterocycles. The fourth-order valence-corrected chi connectivity index (χ4v) is 4.06. The van der Waals surface area contributed by atoms with Gasteiger partial charge in [-0.3, -0.25) is 4.99 Å². The van der Waals surface area contributed by atoms with Crippen LogP contribution in [0.3, 0.4) is 0 Å². The molecule has 1 fully saturated rings. The van der Waals surface area contributed by atoms with Crippen molar-refractivity contribution in [3.05, 3.63) is 60.0 Å². The monoisotopic (exact) mass is 374 g/mol. The van der Waals surface area contributed by atoms with Crippen molar-refractivity contribution in [3.8, 4) is 0 Å². The maximum absolute atomic E-state index is 5.42. The number of allylic oxidation sites excluding steroid dienone is 4. The zero-order valence-corrected chi connectivity index (χ0v) is 17.5. The summed E-state index contributed by atoms with van der Waals surface area (Å²) in [6.45, 7) is 14.2. The standard InChI is InChI=1S/C22H34N2OS/c1-7-9-13-20(21(8-2)25-6)16-17(3)24-18(4)26-22(23-5)19-14-11-10-12-15-19/h8-9,13,19,24H,2-4,7,10-12,14-16H2,1,5-6H3/b13-9-,21-20-,23-22-. The predicted octanol–water partition coefficient (Wildman–Crippen LogP) is 6.35. The Kier molecular flexibility index (Phi) is 10.9. The summed E-state index contributed by atoms with van der Waals surface area (Å²) >= 11 is 1.64. The molecule has 0 spiro atoms. The molecule has 0 aromatic carbocycles. The number of ether oxygens (including phenoxy) is 1. The van der Waals surface area contributed by atoms with Crippen LogP contribution in [0.15, 0.2) is 65.0 Å². The van der Waals surface area contributed by atoms with Gasteiger partial charge in [0, 0.05) is 25.1 Å². The first kappa shape index (κ1) is 22.4. The first-order valence-electron chi connectivity index (χ1n) is 9.40. The van der Waals surface area contributed by atoms with E-state index in [1.54, 1.807) is 24.9 Å². The SMILES string of the molecule is C=C/C(OC)=C(\C=C/CC)CC(=C)NC(=C)S/C(=N\C)C1CCCCC1. The maximum Gasteiger partial charge on any atom is 0.121 e. The molecular weight excluding hydrogens is 340 g/mol. The lowest BCUT2D eigenvalue weighted by atomic mass is 9.90. The Bertz CT molecular complexity index is 581. The first-order chi connectivity index (χ1) is 12.5. The summed E-state index contributed by atoms with van der Waals surface area (Å²) < 4.78 is 5.42. The van der Waals surface area contributed by atoms with E-state index >= 15 is 0 Å². The largest absolute Gasteiger partial charge is 0.496 e. The van der Waals surface area contributed by atoms with E-state index in [-0.39, 0.29) is 0 Å². The Morgan fingerprint density at radius 1 is 1.27 bits per heavy atom. The highest BCUT2D eigenvalue weighted by Crippen LogP contribution is 2.31. The summed E-state index contributed by atoms with van der Waals surface area (Å²) in [4.78, 5) is 4.51. The molecule has 0 amide bonds. The van der Waals surface area contributed by atoms with E-state index in [9.17, 15) is 0 Å². The van der Waals surface area contributed by atoms with Crippen LogP contribution in [0.1, 0.15) is 51.9 Å². The van der Waals surface area contributed by atoms with Gasteiger partial charge in [-0.1, -0.05) is 69.8 Å². The predicted molar refractivity (Wildman–Crippen MR) is 117 cm³/mol. The molecule has 26 heavy (non-hydrogen) atoms. The van der Waals surface area contributed by atoms with Crippen molar-refractivity contribution in [1.82, 2.24) is 5.32 Å². The second-order valence-corrected chi connectivity index (χ2v) is 7.55. The minimum atomic E-state index is 0.578. The Hall–Kier alpha value is -1.68. The van der Waals surface area contributed by atoms with Crippen molar-refractivity contribution in [1.29, 1.82) is 0 Å². The molecule has 1 N–H and O–H groups in total. The number of methoxy groups -OCH3 is 1. The van der Waals surface area contributed by atoms with Crippen LogP contribution in [0.25, 0.3) is 0 Å². The quantitative estimate of drug-likeness (QED) is 0.209. The van der Waals surface area contributed by atoms with Crippen molar-refractivity contribution in [2.45, 2.75) is 51.9 Å². The Morgan fingerprint density at radius 3 is 2.50 bits per heavy atom. The molecule has 0 unspecified atom stereocenters. The van der Waals surface area contributed by atoms with Crippen LogP contribution in [-0.2, 0) is 4.74 Å². The second kappa shape index (κ2) is 12.6. The fraction of sp³-hybridized carbons (Fsp3) is 0.500. The normalized spacial score (nSPS) is 17.0. The summed E-state index contributed by atoms with van der Waals surface area (Å²) in [6, 6.07) is 0. The number of hydrogen-bond acceptors (Lipinski definition) is 4. The summed E-state index contributed by atoms with van der Waals surface area (Å²) in [5.74, 6) is 1.35. The Morgan fingerprint density at radius 2 is 1.96 bits per heavy atom. The van der Waals surface area contributed by atoms with Crippen molar-refractivity contribution in [2.75, 3.05) is 14.2 Å². The summed E-state index contributed by atoms with van der Waals surface area (Å²) in [5, 5.41) is 5.38. The molecule has 1 aliphatic rings. The van der Waals surface area contributed by atoms with Gasteiger partial charge in [-0.05, 0) is 30.9 Å². The number of hydrogen-bond donors (Lipinski definition) is 1. The van der Waals surface area contributed by atoms with E-state index in [4.69, 9.17) is 4.74 Å². The third-order valence-electron chi connectivity index (χ3n) is 4.40. The minimum absolute atomic E-state index is 0.578. The molecule has 3 nitrogen and oxygen atoms in total. The van der Waals surface area contributed by atoms with Crippen LogP contribution in [-0.4, -0.2) is 19.2 Å². The van der Waals surface area contributed by atoms with Gasteiger partial charge in [0.2, 0.25) is 0 Å². The molecule has 0 aromatic rings. The van der Waals surface area contributed by atoms with Crippen LogP contribution >= 0.6 is 11.8 Å². The van der Waals surface area contributed by atoms with Gasteiger partial charge < -0.3 is 10.1 Å². The van der Waals surface area contributed by atoms with Crippen molar-refractivity contribution < 1.29 is 4.74 Å². The highest BCUT2D eigenvalue weighted by atomic mass is 32.2. The average molecular weight is 375 g/mol. The number of rotatable bonds is 10. The van der Waals surface area contributed by atoms with Gasteiger partial charge in [0.05, 0.1) is 17.2 Å². The van der Waals surface area contributed by atoms with Gasteiger partial charge >= 0.3 is 0 Å². The molecule has 1 aliphatic carbocycles. The summed E-state index contributed by atoms with van der Waals surface area (Å²) in [5.41, 5.74) is 1.94. The first-order valence-corrected chi connectivity index (χ1v) is 10.2. The molecule has 4 heteroatoms. The van der Waals surface area contributed by atoms with Gasteiger partial charge in [-0.2, -0.15) is 0 Å².